The molecule has 0 spiro atoms. The first-order valence-corrected chi connectivity index (χ1v) is 8.93. The van der Waals surface area contributed by atoms with E-state index >= 15 is 0 Å². The molecule has 0 saturated carbocycles. The lowest BCUT2D eigenvalue weighted by Gasteiger charge is -2.33. The van der Waals surface area contributed by atoms with Crippen molar-refractivity contribution in [2.75, 3.05) is 33.4 Å². The van der Waals surface area contributed by atoms with Crippen molar-refractivity contribution in [3.05, 3.63) is 58.1 Å². The molecule has 1 unspecified atom stereocenters. The number of carbonyl (C=O) groups is 1. The summed E-state index contributed by atoms with van der Waals surface area (Å²) < 4.78 is 16.4. The van der Waals surface area contributed by atoms with Gasteiger partial charge >= 0.3 is 0 Å². The minimum atomic E-state index is -0.259. The Kier molecular flexibility index (Phi) is 6.25. The molecule has 26 heavy (non-hydrogen) atoms. The van der Waals surface area contributed by atoms with Crippen molar-refractivity contribution in [2.24, 2.45) is 0 Å². The molecular formula is C19H19Cl2NO4. The molecule has 1 aliphatic rings. The van der Waals surface area contributed by atoms with Gasteiger partial charge in [-0.05, 0) is 48.0 Å². The number of nitrogens with zero attached hydrogens (tertiary/aromatic N) is 1. The number of hydrogen-bond acceptors (Lipinski definition) is 4. The third kappa shape index (κ3) is 4.81. The topological polar surface area (TPSA) is 48.0 Å². The average molecular weight is 396 g/mol. The van der Waals surface area contributed by atoms with Gasteiger partial charge in [0.15, 0.2) is 6.61 Å². The molecule has 138 valence electrons. The molecule has 0 aromatic heterocycles. The van der Waals surface area contributed by atoms with Crippen molar-refractivity contribution in [3.8, 4) is 11.5 Å². The molecule has 0 radical (unpaired) electrons. The fraction of sp³-hybridized carbons (Fsp3) is 0.316. The molecule has 0 N–H and O–H groups in total. The molecule has 1 amide bonds. The van der Waals surface area contributed by atoms with Crippen LogP contribution in [0.1, 0.15) is 11.7 Å². The van der Waals surface area contributed by atoms with Gasteiger partial charge in [0.2, 0.25) is 0 Å². The van der Waals surface area contributed by atoms with Crippen LogP contribution < -0.4 is 9.47 Å². The lowest BCUT2D eigenvalue weighted by Crippen LogP contribution is -2.44. The van der Waals surface area contributed by atoms with Gasteiger partial charge in [0.05, 0.1) is 20.3 Å². The van der Waals surface area contributed by atoms with E-state index in [-0.39, 0.29) is 18.6 Å². The number of methoxy groups -OCH3 is 1. The van der Waals surface area contributed by atoms with Crippen LogP contribution in [0.3, 0.4) is 0 Å². The molecule has 2 aromatic carbocycles. The molecule has 1 fully saturated rings. The van der Waals surface area contributed by atoms with E-state index in [0.717, 1.165) is 11.3 Å². The van der Waals surface area contributed by atoms with Crippen LogP contribution in [-0.4, -0.2) is 44.2 Å². The van der Waals surface area contributed by atoms with Gasteiger partial charge in [-0.2, -0.15) is 0 Å². The van der Waals surface area contributed by atoms with Crippen LogP contribution in [0.4, 0.5) is 0 Å². The fourth-order valence-electron chi connectivity index (χ4n) is 2.75. The monoisotopic (exact) mass is 395 g/mol. The highest BCUT2D eigenvalue weighted by Gasteiger charge is 2.26. The van der Waals surface area contributed by atoms with E-state index in [1.165, 1.54) is 0 Å². The molecule has 0 bridgehead atoms. The summed E-state index contributed by atoms with van der Waals surface area (Å²) in [7, 11) is 1.60. The summed E-state index contributed by atoms with van der Waals surface area (Å²) in [6.07, 6.45) is -0.259. The Balaban J connectivity index is 1.58. The Morgan fingerprint density at radius 2 is 1.81 bits per heavy atom. The Hall–Kier alpha value is -1.95. The van der Waals surface area contributed by atoms with Gasteiger partial charge in [0.25, 0.3) is 5.91 Å². The molecule has 5 nitrogen and oxygen atoms in total. The summed E-state index contributed by atoms with van der Waals surface area (Å²) in [6.45, 7) is 1.37. The summed E-state index contributed by atoms with van der Waals surface area (Å²) in [6, 6.07) is 12.4. The minimum Gasteiger partial charge on any atom is -0.497 e. The predicted octanol–water partition coefficient (Wildman–Crippen LogP) is 3.98. The third-order valence-electron chi connectivity index (χ3n) is 4.10. The number of carbonyl (C=O) groups excluding carboxylic acids is 1. The average Bonchev–Trinajstić information content (AvgIpc) is 2.66. The van der Waals surface area contributed by atoms with Gasteiger partial charge in [0.1, 0.15) is 17.6 Å². The Morgan fingerprint density at radius 3 is 2.46 bits per heavy atom. The first kappa shape index (κ1) is 18.8. The lowest BCUT2D eigenvalue weighted by atomic mass is 10.1. The smallest absolute Gasteiger partial charge is 0.260 e. The Labute approximate surface area is 162 Å². The number of ether oxygens (including phenoxy) is 3. The second kappa shape index (κ2) is 8.62. The summed E-state index contributed by atoms with van der Waals surface area (Å²) >= 11 is 12.1. The molecule has 7 heteroatoms. The van der Waals surface area contributed by atoms with Crippen LogP contribution in [0.2, 0.25) is 10.0 Å². The van der Waals surface area contributed by atoms with E-state index in [2.05, 4.69) is 0 Å². The van der Waals surface area contributed by atoms with Crippen molar-refractivity contribution >= 4 is 29.1 Å². The Bertz CT molecular complexity index is 746. The van der Waals surface area contributed by atoms with E-state index in [1.54, 1.807) is 54.5 Å². The lowest BCUT2D eigenvalue weighted by molar-refractivity contribution is -0.141. The van der Waals surface area contributed by atoms with Crippen LogP contribution in [0.15, 0.2) is 42.5 Å². The van der Waals surface area contributed by atoms with E-state index < -0.39 is 0 Å². The van der Waals surface area contributed by atoms with E-state index in [1.807, 2.05) is 0 Å². The zero-order chi connectivity index (χ0) is 18.5. The van der Waals surface area contributed by atoms with Crippen molar-refractivity contribution in [3.63, 3.8) is 0 Å². The molecule has 1 saturated heterocycles. The third-order valence-corrected chi connectivity index (χ3v) is 4.53. The van der Waals surface area contributed by atoms with Crippen molar-refractivity contribution in [1.82, 2.24) is 4.90 Å². The SMILES string of the molecule is COc1ccc(OCC(=O)N2CCOC(c3cc(Cl)cc(Cl)c3)C2)cc1. The maximum absolute atomic E-state index is 12.5. The molecule has 1 heterocycles. The second-order valence-electron chi connectivity index (χ2n) is 5.87. The molecule has 2 aromatic rings. The Morgan fingerprint density at radius 1 is 1.15 bits per heavy atom. The zero-order valence-corrected chi connectivity index (χ0v) is 15.8. The number of amides is 1. The number of benzene rings is 2. The highest BCUT2D eigenvalue weighted by atomic mass is 35.5. The van der Waals surface area contributed by atoms with Gasteiger partial charge in [0, 0.05) is 16.6 Å². The van der Waals surface area contributed by atoms with E-state index in [9.17, 15) is 4.79 Å². The van der Waals surface area contributed by atoms with Crippen LogP contribution >= 0.6 is 23.2 Å². The predicted molar refractivity (Wildman–Crippen MR) is 100 cm³/mol. The largest absolute Gasteiger partial charge is 0.497 e. The molecule has 1 aliphatic heterocycles. The van der Waals surface area contributed by atoms with Gasteiger partial charge in [-0.15, -0.1) is 0 Å². The minimum absolute atomic E-state index is 0.0324. The highest BCUT2D eigenvalue weighted by molar-refractivity contribution is 6.34. The first-order valence-electron chi connectivity index (χ1n) is 8.17. The number of halogens is 2. The maximum atomic E-state index is 12.5. The quantitative estimate of drug-likeness (QED) is 0.767. The van der Waals surface area contributed by atoms with Gasteiger partial charge in [-0.1, -0.05) is 23.2 Å². The summed E-state index contributed by atoms with van der Waals surface area (Å²) in [5.74, 6) is 1.26. The maximum Gasteiger partial charge on any atom is 0.260 e. The highest BCUT2D eigenvalue weighted by Crippen LogP contribution is 2.28. The fourth-order valence-corrected chi connectivity index (χ4v) is 3.29. The normalized spacial score (nSPS) is 17.0. The number of morpholine rings is 1. The van der Waals surface area contributed by atoms with E-state index in [4.69, 9.17) is 37.4 Å². The van der Waals surface area contributed by atoms with Crippen LogP contribution in [0.25, 0.3) is 0 Å². The van der Waals surface area contributed by atoms with Crippen LogP contribution in [0, 0.1) is 0 Å². The standard InChI is InChI=1S/C19H19Cl2NO4/c1-24-16-2-4-17(5-3-16)26-12-19(23)22-6-7-25-18(11-22)13-8-14(20)10-15(21)9-13/h2-5,8-10,18H,6-7,11-12H2,1H3. The molecular weight excluding hydrogens is 377 g/mol. The van der Waals surface area contributed by atoms with Crippen molar-refractivity contribution in [2.45, 2.75) is 6.10 Å². The van der Waals surface area contributed by atoms with Gasteiger partial charge in [-0.25, -0.2) is 0 Å². The van der Waals surface area contributed by atoms with Crippen molar-refractivity contribution in [1.29, 1.82) is 0 Å². The summed E-state index contributed by atoms with van der Waals surface area (Å²) in [4.78, 5) is 14.2. The molecule has 3 rings (SSSR count). The first-order chi connectivity index (χ1) is 12.5. The summed E-state index contributed by atoms with van der Waals surface area (Å²) in [5, 5.41) is 1.09. The van der Waals surface area contributed by atoms with Gasteiger partial charge < -0.3 is 19.1 Å². The molecule has 1 atom stereocenters. The van der Waals surface area contributed by atoms with Crippen molar-refractivity contribution < 1.29 is 19.0 Å². The zero-order valence-electron chi connectivity index (χ0n) is 14.3. The van der Waals surface area contributed by atoms with Crippen LogP contribution in [-0.2, 0) is 9.53 Å². The molecule has 0 aliphatic carbocycles. The second-order valence-corrected chi connectivity index (χ2v) is 6.74. The van der Waals surface area contributed by atoms with Crippen LogP contribution in [0.5, 0.6) is 11.5 Å². The summed E-state index contributed by atoms with van der Waals surface area (Å²) in [5.41, 5.74) is 0.857. The number of rotatable bonds is 5. The number of hydrogen-bond donors (Lipinski definition) is 0. The van der Waals surface area contributed by atoms with E-state index in [0.29, 0.717) is 35.5 Å². The van der Waals surface area contributed by atoms with Gasteiger partial charge in [-0.3, -0.25) is 4.79 Å².